The first kappa shape index (κ1) is 17.6. The van der Waals surface area contributed by atoms with E-state index < -0.39 is 5.82 Å². The standard InChI is InChI=1S/C18H21FN6O2/c1-24-16(14-9-12-8-13(19)11-21-17(12)22-14)10-15(23-24)18(26)20-2-3-25-4-6-27-7-5-25/h8-11H,2-7H2,1H3,(H,20,26)(H,21,22). The zero-order chi connectivity index (χ0) is 18.8. The molecule has 9 heteroatoms. The zero-order valence-corrected chi connectivity index (χ0v) is 15.0. The Bertz CT molecular complexity index is 960. The van der Waals surface area contributed by atoms with Crippen LogP contribution in [0.4, 0.5) is 4.39 Å². The average Bonchev–Trinajstić information content (AvgIpc) is 3.25. The van der Waals surface area contributed by atoms with Gasteiger partial charge in [0.25, 0.3) is 5.91 Å². The molecule has 0 radical (unpaired) electrons. The summed E-state index contributed by atoms with van der Waals surface area (Å²) in [5.41, 5.74) is 2.38. The Labute approximate surface area is 155 Å². The van der Waals surface area contributed by atoms with E-state index >= 15 is 0 Å². The molecule has 1 amide bonds. The van der Waals surface area contributed by atoms with Crippen LogP contribution in [0.25, 0.3) is 22.4 Å². The van der Waals surface area contributed by atoms with Gasteiger partial charge < -0.3 is 15.0 Å². The number of hydrogen-bond donors (Lipinski definition) is 2. The van der Waals surface area contributed by atoms with Crippen LogP contribution in [0.15, 0.2) is 24.4 Å². The van der Waals surface area contributed by atoms with Crippen molar-refractivity contribution in [2.75, 3.05) is 39.4 Å². The van der Waals surface area contributed by atoms with Gasteiger partial charge in [-0.3, -0.25) is 14.4 Å². The van der Waals surface area contributed by atoms with E-state index in [0.29, 0.717) is 23.3 Å². The number of amides is 1. The van der Waals surface area contributed by atoms with Crippen molar-refractivity contribution >= 4 is 16.9 Å². The second-order valence-corrected chi connectivity index (χ2v) is 6.52. The number of morpholine rings is 1. The van der Waals surface area contributed by atoms with Crippen molar-refractivity contribution in [3.05, 3.63) is 35.9 Å². The number of nitrogens with one attached hydrogen (secondary N) is 2. The summed E-state index contributed by atoms with van der Waals surface area (Å²) >= 11 is 0. The average molecular weight is 372 g/mol. The molecule has 142 valence electrons. The molecule has 3 aromatic rings. The quantitative estimate of drug-likeness (QED) is 0.702. The number of fused-ring (bicyclic) bond motifs is 1. The lowest BCUT2D eigenvalue weighted by Crippen LogP contribution is -2.41. The van der Waals surface area contributed by atoms with Gasteiger partial charge in [0.15, 0.2) is 5.69 Å². The Morgan fingerprint density at radius 3 is 2.96 bits per heavy atom. The smallest absolute Gasteiger partial charge is 0.271 e. The maximum atomic E-state index is 13.3. The third kappa shape index (κ3) is 3.83. The number of carbonyl (C=O) groups is 1. The molecule has 2 N–H and O–H groups in total. The molecule has 27 heavy (non-hydrogen) atoms. The van der Waals surface area contributed by atoms with Gasteiger partial charge in [0.1, 0.15) is 11.5 Å². The summed E-state index contributed by atoms with van der Waals surface area (Å²) in [6, 6.07) is 4.92. The molecule has 1 saturated heterocycles. The molecule has 1 aliphatic heterocycles. The fourth-order valence-electron chi connectivity index (χ4n) is 3.20. The van der Waals surface area contributed by atoms with Gasteiger partial charge >= 0.3 is 0 Å². The zero-order valence-electron chi connectivity index (χ0n) is 15.0. The van der Waals surface area contributed by atoms with Crippen LogP contribution in [-0.4, -0.2) is 69.9 Å². The molecule has 0 unspecified atom stereocenters. The highest BCUT2D eigenvalue weighted by Crippen LogP contribution is 2.23. The van der Waals surface area contributed by atoms with Crippen LogP contribution in [0.1, 0.15) is 10.5 Å². The first-order valence-electron chi connectivity index (χ1n) is 8.87. The minimum absolute atomic E-state index is 0.217. The molecule has 0 aromatic carbocycles. The van der Waals surface area contributed by atoms with E-state index in [2.05, 4.69) is 25.3 Å². The van der Waals surface area contributed by atoms with Gasteiger partial charge in [0, 0.05) is 38.6 Å². The normalized spacial score (nSPS) is 15.3. The van der Waals surface area contributed by atoms with E-state index in [-0.39, 0.29) is 5.91 Å². The Morgan fingerprint density at radius 1 is 1.33 bits per heavy atom. The maximum absolute atomic E-state index is 13.3. The molecular formula is C18H21FN6O2. The minimum atomic E-state index is -0.390. The SMILES string of the molecule is Cn1nc(C(=O)NCCN2CCOCC2)cc1-c1cc2cc(F)cnc2[nH]1. The van der Waals surface area contributed by atoms with Gasteiger partial charge in [0.2, 0.25) is 0 Å². The number of H-pyrrole nitrogens is 1. The highest BCUT2D eigenvalue weighted by Gasteiger charge is 2.16. The van der Waals surface area contributed by atoms with E-state index in [1.54, 1.807) is 23.9 Å². The molecule has 4 heterocycles. The van der Waals surface area contributed by atoms with Crippen molar-refractivity contribution < 1.29 is 13.9 Å². The molecule has 4 rings (SSSR count). The van der Waals surface area contributed by atoms with Crippen LogP contribution in [0.3, 0.4) is 0 Å². The number of aryl methyl sites for hydroxylation is 1. The highest BCUT2D eigenvalue weighted by molar-refractivity contribution is 5.93. The summed E-state index contributed by atoms with van der Waals surface area (Å²) < 4.78 is 20.3. The number of rotatable bonds is 5. The van der Waals surface area contributed by atoms with Crippen molar-refractivity contribution in [2.45, 2.75) is 0 Å². The van der Waals surface area contributed by atoms with Crippen LogP contribution in [0.5, 0.6) is 0 Å². The highest BCUT2D eigenvalue weighted by atomic mass is 19.1. The number of nitrogens with zero attached hydrogens (tertiary/aromatic N) is 4. The van der Waals surface area contributed by atoms with Gasteiger partial charge in [-0.15, -0.1) is 0 Å². The molecule has 1 fully saturated rings. The Hall–Kier alpha value is -2.78. The van der Waals surface area contributed by atoms with Crippen LogP contribution in [-0.2, 0) is 11.8 Å². The van der Waals surface area contributed by atoms with Gasteiger partial charge in [0.05, 0.1) is 30.8 Å². The van der Waals surface area contributed by atoms with E-state index in [0.717, 1.165) is 44.2 Å². The summed E-state index contributed by atoms with van der Waals surface area (Å²) in [5.74, 6) is -0.608. The Morgan fingerprint density at radius 2 is 2.15 bits per heavy atom. The van der Waals surface area contributed by atoms with E-state index in [1.807, 2.05) is 0 Å². The summed E-state index contributed by atoms with van der Waals surface area (Å²) in [6.07, 6.45) is 1.17. The molecule has 3 aromatic heterocycles. The minimum Gasteiger partial charge on any atom is -0.379 e. The monoisotopic (exact) mass is 372 g/mol. The van der Waals surface area contributed by atoms with Crippen LogP contribution in [0.2, 0.25) is 0 Å². The van der Waals surface area contributed by atoms with Crippen molar-refractivity contribution in [3.63, 3.8) is 0 Å². The van der Waals surface area contributed by atoms with Crippen molar-refractivity contribution in [3.8, 4) is 11.4 Å². The second-order valence-electron chi connectivity index (χ2n) is 6.52. The van der Waals surface area contributed by atoms with Crippen LogP contribution >= 0.6 is 0 Å². The van der Waals surface area contributed by atoms with Crippen LogP contribution < -0.4 is 5.32 Å². The lowest BCUT2D eigenvalue weighted by atomic mass is 10.2. The number of pyridine rings is 1. The molecule has 0 spiro atoms. The third-order valence-corrected chi connectivity index (χ3v) is 4.64. The summed E-state index contributed by atoms with van der Waals surface area (Å²) in [7, 11) is 1.76. The maximum Gasteiger partial charge on any atom is 0.271 e. The largest absolute Gasteiger partial charge is 0.379 e. The molecule has 0 aliphatic carbocycles. The predicted molar refractivity (Wildman–Crippen MR) is 97.8 cm³/mol. The number of ether oxygens (including phenoxy) is 1. The van der Waals surface area contributed by atoms with Crippen LogP contribution in [0, 0.1) is 5.82 Å². The van der Waals surface area contributed by atoms with Gasteiger partial charge in [-0.2, -0.15) is 5.10 Å². The number of carbonyl (C=O) groups excluding carboxylic acids is 1. The third-order valence-electron chi connectivity index (χ3n) is 4.64. The van der Waals surface area contributed by atoms with Crippen molar-refractivity contribution in [1.29, 1.82) is 0 Å². The molecular weight excluding hydrogens is 351 g/mol. The fraction of sp³-hybridized carbons (Fsp3) is 0.389. The van der Waals surface area contributed by atoms with E-state index in [4.69, 9.17) is 4.74 Å². The first-order chi connectivity index (χ1) is 13.1. The molecule has 1 aliphatic rings. The topological polar surface area (TPSA) is 88.1 Å². The number of aromatic amines is 1. The van der Waals surface area contributed by atoms with Gasteiger partial charge in [-0.05, 0) is 18.2 Å². The predicted octanol–water partition coefficient (Wildman–Crippen LogP) is 1.16. The van der Waals surface area contributed by atoms with Crippen molar-refractivity contribution in [1.82, 2.24) is 30.0 Å². The van der Waals surface area contributed by atoms with E-state index in [1.165, 1.54) is 12.3 Å². The lowest BCUT2D eigenvalue weighted by Gasteiger charge is -2.26. The lowest BCUT2D eigenvalue weighted by molar-refractivity contribution is 0.0383. The molecule has 0 atom stereocenters. The van der Waals surface area contributed by atoms with E-state index in [9.17, 15) is 9.18 Å². The number of halogens is 1. The Balaban J connectivity index is 1.44. The molecule has 0 saturated carbocycles. The fourth-order valence-corrected chi connectivity index (χ4v) is 3.20. The number of aromatic nitrogens is 4. The summed E-state index contributed by atoms with van der Waals surface area (Å²) in [6.45, 7) is 4.59. The molecule has 8 nitrogen and oxygen atoms in total. The van der Waals surface area contributed by atoms with Gasteiger partial charge in [-0.25, -0.2) is 9.37 Å². The summed E-state index contributed by atoms with van der Waals surface area (Å²) in [5, 5.41) is 7.87. The molecule has 0 bridgehead atoms. The summed E-state index contributed by atoms with van der Waals surface area (Å²) in [4.78, 5) is 21.8. The van der Waals surface area contributed by atoms with Crippen molar-refractivity contribution in [2.24, 2.45) is 7.05 Å². The number of hydrogen-bond acceptors (Lipinski definition) is 5. The second kappa shape index (κ2) is 7.45. The first-order valence-corrected chi connectivity index (χ1v) is 8.87. The Kier molecular flexibility index (Phi) is 4.87. The van der Waals surface area contributed by atoms with Gasteiger partial charge in [-0.1, -0.05) is 0 Å².